The smallest absolute Gasteiger partial charge is 0.270 e. The van der Waals surface area contributed by atoms with Gasteiger partial charge in [-0.15, -0.1) is 0 Å². The van der Waals surface area contributed by atoms with Gasteiger partial charge in [0.1, 0.15) is 5.69 Å². The Bertz CT molecular complexity index is 500. The fraction of sp³-hybridized carbons (Fsp3) is 0.467. The molecule has 0 aromatic carbocycles. The van der Waals surface area contributed by atoms with Crippen molar-refractivity contribution >= 4 is 5.91 Å². The molecule has 1 aliphatic rings. The van der Waals surface area contributed by atoms with Crippen molar-refractivity contribution in [1.29, 1.82) is 0 Å². The molecule has 0 saturated heterocycles. The third-order valence-electron chi connectivity index (χ3n) is 3.04. The van der Waals surface area contributed by atoms with Gasteiger partial charge >= 0.3 is 0 Å². The second-order valence-corrected chi connectivity index (χ2v) is 5.17. The van der Waals surface area contributed by atoms with Crippen molar-refractivity contribution < 1.29 is 14.6 Å². The quantitative estimate of drug-likeness (QED) is 0.800. The van der Waals surface area contributed by atoms with Crippen molar-refractivity contribution in [1.82, 2.24) is 10.3 Å². The number of amides is 1. The molecule has 1 aromatic rings. The van der Waals surface area contributed by atoms with Gasteiger partial charge in [0, 0.05) is 24.6 Å². The summed E-state index contributed by atoms with van der Waals surface area (Å²) in [6, 6.07) is 5.09. The molecule has 1 aromatic heterocycles. The summed E-state index contributed by atoms with van der Waals surface area (Å²) in [4.78, 5) is 16.3. The van der Waals surface area contributed by atoms with Gasteiger partial charge in [0.2, 0.25) is 5.88 Å². The van der Waals surface area contributed by atoms with Crippen LogP contribution in [0.5, 0.6) is 5.88 Å². The lowest BCUT2D eigenvalue weighted by molar-refractivity contribution is 0.0934. The normalized spacial score (nSPS) is 21.2. The van der Waals surface area contributed by atoms with Crippen LogP contribution in [0.4, 0.5) is 0 Å². The van der Waals surface area contributed by atoms with E-state index in [1.807, 2.05) is 26.0 Å². The van der Waals surface area contributed by atoms with E-state index in [1.165, 1.54) is 0 Å². The Morgan fingerprint density at radius 3 is 2.95 bits per heavy atom. The average molecular weight is 276 g/mol. The van der Waals surface area contributed by atoms with Crippen LogP contribution in [0, 0.1) is 5.92 Å². The minimum absolute atomic E-state index is 0.0175. The highest BCUT2D eigenvalue weighted by atomic mass is 16.5. The molecule has 2 rings (SSSR count). The summed E-state index contributed by atoms with van der Waals surface area (Å²) in [6.07, 6.45) is 4.58. The molecule has 1 aliphatic carbocycles. The van der Waals surface area contributed by atoms with Gasteiger partial charge in [0.15, 0.2) is 0 Å². The molecule has 20 heavy (non-hydrogen) atoms. The van der Waals surface area contributed by atoms with Crippen LogP contribution >= 0.6 is 0 Å². The van der Waals surface area contributed by atoms with E-state index in [0.717, 1.165) is 6.42 Å². The zero-order chi connectivity index (χ0) is 14.5. The number of aliphatic hydroxyl groups is 1. The van der Waals surface area contributed by atoms with Crippen molar-refractivity contribution in [2.75, 3.05) is 6.61 Å². The molecule has 0 bridgehead atoms. The van der Waals surface area contributed by atoms with E-state index in [-0.39, 0.29) is 30.6 Å². The van der Waals surface area contributed by atoms with E-state index < -0.39 is 0 Å². The zero-order valence-corrected chi connectivity index (χ0v) is 11.7. The summed E-state index contributed by atoms with van der Waals surface area (Å²) in [6.45, 7) is 3.93. The summed E-state index contributed by atoms with van der Waals surface area (Å²) in [7, 11) is 0. The molecule has 0 unspecified atom stereocenters. The Balaban J connectivity index is 1.97. The molecule has 0 radical (unpaired) electrons. The maximum Gasteiger partial charge on any atom is 0.270 e. The SMILES string of the molecule is CC(C)Oc1cccc(C(=O)N[C@@H]2C=C[C@H](CO)C2)n1. The molecule has 0 saturated carbocycles. The molecule has 2 N–H and O–H groups in total. The number of carbonyl (C=O) groups is 1. The topological polar surface area (TPSA) is 71.5 Å². The molecule has 108 valence electrons. The van der Waals surface area contributed by atoms with Crippen LogP contribution in [0.1, 0.15) is 30.8 Å². The van der Waals surface area contributed by atoms with Crippen LogP contribution in [0.15, 0.2) is 30.4 Å². The molecule has 1 heterocycles. The summed E-state index contributed by atoms with van der Waals surface area (Å²) in [5.41, 5.74) is 0.337. The summed E-state index contributed by atoms with van der Waals surface area (Å²) in [5, 5.41) is 11.9. The maximum atomic E-state index is 12.1. The van der Waals surface area contributed by atoms with Crippen molar-refractivity contribution in [3.05, 3.63) is 36.0 Å². The molecule has 5 nitrogen and oxygen atoms in total. The van der Waals surface area contributed by atoms with Crippen molar-refractivity contribution in [3.63, 3.8) is 0 Å². The van der Waals surface area contributed by atoms with Crippen molar-refractivity contribution in [3.8, 4) is 5.88 Å². The van der Waals surface area contributed by atoms with Crippen LogP contribution in [0.25, 0.3) is 0 Å². The Labute approximate surface area is 118 Å². The number of carbonyl (C=O) groups excluding carboxylic acids is 1. The van der Waals surface area contributed by atoms with Crippen LogP contribution < -0.4 is 10.1 Å². The third-order valence-corrected chi connectivity index (χ3v) is 3.04. The van der Waals surface area contributed by atoms with E-state index in [1.54, 1.807) is 18.2 Å². The fourth-order valence-corrected chi connectivity index (χ4v) is 2.11. The zero-order valence-electron chi connectivity index (χ0n) is 11.7. The number of nitrogens with zero attached hydrogens (tertiary/aromatic N) is 1. The fourth-order valence-electron chi connectivity index (χ4n) is 2.11. The number of hydrogen-bond donors (Lipinski definition) is 2. The number of rotatable bonds is 5. The molecular formula is C15H20N2O3. The molecule has 2 atom stereocenters. The highest BCUT2D eigenvalue weighted by Crippen LogP contribution is 2.17. The standard InChI is InChI=1S/C15H20N2O3/c1-10(2)20-14-5-3-4-13(17-14)15(19)16-12-7-6-11(8-12)9-18/h3-7,10-12,18H,8-9H2,1-2H3,(H,16,19)/t11-,12+/m0/s1. The molecule has 0 aliphatic heterocycles. The maximum absolute atomic E-state index is 12.1. The predicted octanol–water partition coefficient (Wildman–Crippen LogP) is 1.54. The molecule has 0 spiro atoms. The second-order valence-electron chi connectivity index (χ2n) is 5.17. The predicted molar refractivity (Wildman–Crippen MR) is 75.6 cm³/mol. The first kappa shape index (κ1) is 14.5. The number of aromatic nitrogens is 1. The minimum atomic E-state index is -0.229. The Kier molecular flexibility index (Phi) is 4.74. The van der Waals surface area contributed by atoms with Gasteiger partial charge in [-0.05, 0) is 26.3 Å². The minimum Gasteiger partial charge on any atom is -0.475 e. The van der Waals surface area contributed by atoms with Gasteiger partial charge in [-0.3, -0.25) is 4.79 Å². The first-order chi connectivity index (χ1) is 9.58. The van der Waals surface area contributed by atoms with E-state index in [0.29, 0.717) is 11.6 Å². The van der Waals surface area contributed by atoms with Gasteiger partial charge in [-0.1, -0.05) is 18.2 Å². The largest absolute Gasteiger partial charge is 0.475 e. The lowest BCUT2D eigenvalue weighted by atomic mass is 10.1. The van der Waals surface area contributed by atoms with Gasteiger partial charge in [-0.2, -0.15) is 0 Å². The molecular weight excluding hydrogens is 256 g/mol. The third kappa shape index (κ3) is 3.81. The monoisotopic (exact) mass is 276 g/mol. The summed E-state index contributed by atoms with van der Waals surface area (Å²) < 4.78 is 5.47. The van der Waals surface area contributed by atoms with Crippen LogP contribution in [0.3, 0.4) is 0 Å². The number of aliphatic hydroxyl groups excluding tert-OH is 1. The lowest BCUT2D eigenvalue weighted by Crippen LogP contribution is -2.33. The molecule has 5 heteroatoms. The molecule has 0 fully saturated rings. The summed E-state index contributed by atoms with van der Waals surface area (Å²) >= 11 is 0. The van der Waals surface area contributed by atoms with E-state index in [2.05, 4.69) is 10.3 Å². The van der Waals surface area contributed by atoms with Gasteiger partial charge in [-0.25, -0.2) is 4.98 Å². The van der Waals surface area contributed by atoms with E-state index in [4.69, 9.17) is 9.84 Å². The highest BCUT2D eigenvalue weighted by molar-refractivity contribution is 5.92. The van der Waals surface area contributed by atoms with Crippen LogP contribution in [0.2, 0.25) is 0 Å². The van der Waals surface area contributed by atoms with E-state index in [9.17, 15) is 4.79 Å². The highest BCUT2D eigenvalue weighted by Gasteiger charge is 2.20. The number of hydrogen-bond acceptors (Lipinski definition) is 4. The van der Waals surface area contributed by atoms with Gasteiger partial charge in [0.25, 0.3) is 5.91 Å². The Hall–Kier alpha value is -1.88. The Morgan fingerprint density at radius 2 is 2.30 bits per heavy atom. The van der Waals surface area contributed by atoms with Crippen LogP contribution in [-0.2, 0) is 0 Å². The van der Waals surface area contributed by atoms with Gasteiger partial charge in [0.05, 0.1) is 6.10 Å². The van der Waals surface area contributed by atoms with E-state index >= 15 is 0 Å². The van der Waals surface area contributed by atoms with Crippen molar-refractivity contribution in [2.45, 2.75) is 32.4 Å². The second kappa shape index (κ2) is 6.52. The van der Waals surface area contributed by atoms with Crippen LogP contribution in [-0.4, -0.2) is 34.8 Å². The molecule has 1 amide bonds. The van der Waals surface area contributed by atoms with Gasteiger partial charge < -0.3 is 15.2 Å². The average Bonchev–Trinajstić information content (AvgIpc) is 2.86. The first-order valence-corrected chi connectivity index (χ1v) is 6.82. The number of pyridine rings is 1. The first-order valence-electron chi connectivity index (χ1n) is 6.82. The number of nitrogens with one attached hydrogen (secondary N) is 1. The lowest BCUT2D eigenvalue weighted by Gasteiger charge is -2.13. The number of ether oxygens (including phenoxy) is 1. The van der Waals surface area contributed by atoms with Crippen molar-refractivity contribution in [2.24, 2.45) is 5.92 Å². The Morgan fingerprint density at radius 1 is 1.50 bits per heavy atom. The summed E-state index contributed by atoms with van der Waals surface area (Å²) in [5.74, 6) is 0.346.